The molecule has 2 aromatic carbocycles. The number of fused-ring (bicyclic) bond motifs is 1. The Kier molecular flexibility index (Phi) is 4.06. The summed E-state index contributed by atoms with van der Waals surface area (Å²) in [5.74, 6) is 0.304. The average molecular weight is 349 g/mol. The number of para-hydroxylation sites is 1. The molecule has 0 aliphatic carbocycles. The highest BCUT2D eigenvalue weighted by molar-refractivity contribution is 9.10. The van der Waals surface area contributed by atoms with E-state index < -0.39 is 0 Å². The zero-order valence-corrected chi connectivity index (χ0v) is 12.9. The molecule has 0 spiro atoms. The van der Waals surface area contributed by atoms with Gasteiger partial charge in [0.05, 0.1) is 12.5 Å². The Hall–Kier alpha value is -1.68. The van der Waals surface area contributed by atoms with Gasteiger partial charge in [-0.25, -0.2) is 4.39 Å². The van der Waals surface area contributed by atoms with Gasteiger partial charge in [0.1, 0.15) is 17.3 Å². The first kappa shape index (κ1) is 14.3. The van der Waals surface area contributed by atoms with Crippen LogP contribution in [0.25, 0.3) is 0 Å². The summed E-state index contributed by atoms with van der Waals surface area (Å²) in [5.41, 5.74) is 1.46. The molecule has 0 fully saturated rings. The van der Waals surface area contributed by atoms with E-state index in [0.29, 0.717) is 18.6 Å². The monoisotopic (exact) mass is 348 g/mol. The highest BCUT2D eigenvalue weighted by Crippen LogP contribution is 2.28. The molecule has 3 rings (SSSR count). The van der Waals surface area contributed by atoms with Crippen LogP contribution in [0.1, 0.15) is 11.1 Å². The van der Waals surface area contributed by atoms with Crippen molar-refractivity contribution >= 4 is 21.7 Å². The van der Waals surface area contributed by atoms with Crippen LogP contribution < -0.4 is 4.74 Å². The maximum atomic E-state index is 13.7. The zero-order valence-electron chi connectivity index (χ0n) is 11.3. The van der Waals surface area contributed by atoms with Crippen molar-refractivity contribution in [1.29, 1.82) is 0 Å². The molecule has 2 nitrogen and oxygen atoms in total. The lowest BCUT2D eigenvalue weighted by Crippen LogP contribution is -2.29. The molecule has 0 radical (unpaired) electrons. The van der Waals surface area contributed by atoms with Crippen LogP contribution in [0.15, 0.2) is 46.9 Å². The molecule has 0 N–H and O–H groups in total. The molecular weight excluding hydrogens is 335 g/mol. The summed E-state index contributed by atoms with van der Waals surface area (Å²) in [7, 11) is 0. The van der Waals surface area contributed by atoms with E-state index in [0.717, 1.165) is 15.8 Å². The van der Waals surface area contributed by atoms with Crippen molar-refractivity contribution < 1.29 is 13.9 Å². The van der Waals surface area contributed by atoms with E-state index in [-0.39, 0.29) is 23.9 Å². The van der Waals surface area contributed by atoms with E-state index in [9.17, 15) is 9.18 Å². The van der Waals surface area contributed by atoms with Gasteiger partial charge >= 0.3 is 0 Å². The molecule has 1 aliphatic rings. The van der Waals surface area contributed by atoms with Crippen molar-refractivity contribution in [1.82, 2.24) is 0 Å². The lowest BCUT2D eigenvalue weighted by molar-refractivity contribution is -0.123. The lowest BCUT2D eigenvalue weighted by atomic mass is 9.90. The van der Waals surface area contributed by atoms with Crippen molar-refractivity contribution in [3.63, 3.8) is 0 Å². The summed E-state index contributed by atoms with van der Waals surface area (Å²) in [6.07, 6.45) is 0.756. The Morgan fingerprint density at radius 2 is 2.10 bits per heavy atom. The van der Waals surface area contributed by atoms with Crippen molar-refractivity contribution in [2.45, 2.75) is 12.8 Å². The molecule has 1 aliphatic heterocycles. The van der Waals surface area contributed by atoms with Crippen molar-refractivity contribution in [3.8, 4) is 5.75 Å². The van der Waals surface area contributed by atoms with Crippen molar-refractivity contribution in [3.05, 3.63) is 63.9 Å². The summed E-state index contributed by atoms with van der Waals surface area (Å²) in [4.78, 5) is 12.4. The van der Waals surface area contributed by atoms with E-state index in [2.05, 4.69) is 15.9 Å². The van der Waals surface area contributed by atoms with Gasteiger partial charge in [0.2, 0.25) is 0 Å². The summed E-state index contributed by atoms with van der Waals surface area (Å²) in [5, 5.41) is 0. The van der Waals surface area contributed by atoms with Crippen LogP contribution >= 0.6 is 15.9 Å². The molecule has 0 aromatic heterocycles. The smallest absolute Gasteiger partial charge is 0.144 e. The second kappa shape index (κ2) is 5.98. The van der Waals surface area contributed by atoms with Crippen molar-refractivity contribution in [2.24, 2.45) is 5.92 Å². The van der Waals surface area contributed by atoms with Crippen LogP contribution in [0.5, 0.6) is 5.75 Å². The fourth-order valence-corrected chi connectivity index (χ4v) is 2.95. The highest BCUT2D eigenvalue weighted by atomic mass is 79.9. The Labute approximate surface area is 131 Å². The number of carbonyl (C=O) groups excluding carboxylic acids is 1. The quantitative estimate of drug-likeness (QED) is 0.839. The normalized spacial score (nSPS) is 17.0. The predicted octanol–water partition coefficient (Wildman–Crippen LogP) is 3.95. The van der Waals surface area contributed by atoms with Crippen LogP contribution in [0.4, 0.5) is 4.39 Å². The highest BCUT2D eigenvalue weighted by Gasteiger charge is 2.26. The number of halogens is 2. The molecule has 0 bridgehead atoms. The Morgan fingerprint density at radius 3 is 2.95 bits per heavy atom. The lowest BCUT2D eigenvalue weighted by Gasteiger charge is -2.24. The summed E-state index contributed by atoms with van der Waals surface area (Å²) >= 11 is 3.30. The van der Waals surface area contributed by atoms with Gasteiger partial charge in [-0.2, -0.15) is 0 Å². The molecule has 4 heteroatoms. The number of hydrogen-bond donors (Lipinski definition) is 0. The average Bonchev–Trinajstić information content (AvgIpc) is 2.50. The number of benzene rings is 2. The first-order valence-corrected chi connectivity index (χ1v) is 7.60. The van der Waals surface area contributed by atoms with Crippen molar-refractivity contribution in [2.75, 3.05) is 6.61 Å². The summed E-state index contributed by atoms with van der Waals surface area (Å²) < 4.78 is 20.1. The van der Waals surface area contributed by atoms with Crippen LogP contribution in [0.3, 0.4) is 0 Å². The topological polar surface area (TPSA) is 26.3 Å². The van der Waals surface area contributed by atoms with Crippen LogP contribution in [-0.4, -0.2) is 12.4 Å². The second-order valence-electron chi connectivity index (χ2n) is 5.20. The maximum absolute atomic E-state index is 13.7. The van der Waals surface area contributed by atoms with Gasteiger partial charge in [-0.05, 0) is 41.8 Å². The molecule has 1 heterocycles. The van der Waals surface area contributed by atoms with Gasteiger partial charge in [-0.15, -0.1) is 0 Å². The third kappa shape index (κ3) is 3.16. The number of hydrogen-bond acceptors (Lipinski definition) is 2. The first-order chi connectivity index (χ1) is 10.1. The molecule has 1 unspecified atom stereocenters. The number of ketones is 1. The minimum Gasteiger partial charge on any atom is -0.493 e. The minimum atomic E-state index is -0.344. The van der Waals surface area contributed by atoms with E-state index in [1.54, 1.807) is 12.1 Å². The maximum Gasteiger partial charge on any atom is 0.144 e. The largest absolute Gasteiger partial charge is 0.493 e. The third-order valence-electron chi connectivity index (χ3n) is 3.71. The van der Waals surface area contributed by atoms with Gasteiger partial charge < -0.3 is 4.74 Å². The third-order valence-corrected chi connectivity index (χ3v) is 4.20. The Morgan fingerprint density at radius 1 is 1.29 bits per heavy atom. The fourth-order valence-electron chi connectivity index (χ4n) is 2.55. The molecule has 0 amide bonds. The van der Waals surface area contributed by atoms with Gasteiger partial charge in [-0.1, -0.05) is 34.1 Å². The first-order valence-electron chi connectivity index (χ1n) is 6.81. The minimum absolute atomic E-state index is 0.0153. The van der Waals surface area contributed by atoms with Gasteiger partial charge in [0.25, 0.3) is 0 Å². The Balaban J connectivity index is 1.74. The Bertz CT molecular complexity index is 684. The SMILES string of the molecule is O=C(Cc1cc(Br)ccc1F)C1COc2ccccc2C1. The number of carbonyl (C=O) groups is 1. The van der Waals surface area contributed by atoms with Crippen LogP contribution in [0, 0.1) is 11.7 Å². The van der Waals surface area contributed by atoms with E-state index in [1.807, 2.05) is 24.3 Å². The number of rotatable bonds is 3. The second-order valence-corrected chi connectivity index (χ2v) is 6.11. The molecule has 0 saturated carbocycles. The van der Waals surface area contributed by atoms with Gasteiger partial charge in [0, 0.05) is 10.9 Å². The molecule has 2 aromatic rings. The molecule has 1 atom stereocenters. The number of Topliss-reactive ketones (excluding diaryl/α,β-unsaturated/α-hetero) is 1. The number of ether oxygens (including phenoxy) is 1. The predicted molar refractivity (Wildman–Crippen MR) is 81.9 cm³/mol. The van der Waals surface area contributed by atoms with E-state index >= 15 is 0 Å². The standard InChI is InChI=1S/C17H14BrFO2/c18-14-5-6-15(19)12(8-14)9-16(20)13-7-11-3-1-2-4-17(11)21-10-13/h1-6,8,13H,7,9-10H2. The van der Waals surface area contributed by atoms with Crippen LogP contribution in [-0.2, 0) is 17.6 Å². The van der Waals surface area contributed by atoms with Gasteiger partial charge in [-0.3, -0.25) is 4.79 Å². The molecule has 21 heavy (non-hydrogen) atoms. The summed E-state index contributed by atoms with van der Waals surface area (Å²) in [6, 6.07) is 12.4. The van der Waals surface area contributed by atoms with Gasteiger partial charge in [0.15, 0.2) is 0 Å². The molecule has 0 saturated heterocycles. The fraction of sp³-hybridized carbons (Fsp3) is 0.235. The summed E-state index contributed by atoms with van der Waals surface area (Å²) in [6.45, 7) is 0.367. The molecule has 108 valence electrons. The van der Waals surface area contributed by atoms with Crippen LogP contribution in [0.2, 0.25) is 0 Å². The zero-order chi connectivity index (χ0) is 14.8. The van der Waals surface area contributed by atoms with E-state index in [1.165, 1.54) is 6.07 Å². The molecular formula is C17H14BrFO2. The van der Waals surface area contributed by atoms with E-state index in [4.69, 9.17) is 4.74 Å².